The zero-order chi connectivity index (χ0) is 10.7. The number of amides is 2. The molecule has 0 aromatic rings. The maximum absolute atomic E-state index is 12.2. The minimum Gasteiger partial charge on any atom is -0.378 e. The Kier molecular flexibility index (Phi) is 3.75. The fourth-order valence-corrected chi connectivity index (χ4v) is 2.96. The van der Waals surface area contributed by atoms with Crippen LogP contribution >= 0.6 is 11.8 Å². The Balaban J connectivity index is 1.92. The van der Waals surface area contributed by atoms with Crippen LogP contribution in [-0.2, 0) is 4.74 Å². The monoisotopic (exact) mass is 230 g/mol. The van der Waals surface area contributed by atoms with Crippen molar-refractivity contribution < 1.29 is 9.53 Å². The molecule has 4 nitrogen and oxygen atoms in total. The lowest BCUT2D eigenvalue weighted by Crippen LogP contribution is -2.53. The van der Waals surface area contributed by atoms with E-state index in [9.17, 15) is 4.79 Å². The lowest BCUT2D eigenvalue weighted by Gasteiger charge is -2.38. The first-order valence-corrected chi connectivity index (χ1v) is 6.65. The minimum absolute atomic E-state index is 0.200. The molecular weight excluding hydrogens is 212 g/mol. The molecular formula is C10H18N2O2S. The van der Waals surface area contributed by atoms with E-state index in [1.54, 1.807) is 0 Å². The topological polar surface area (TPSA) is 32.8 Å². The maximum atomic E-state index is 12.2. The summed E-state index contributed by atoms with van der Waals surface area (Å²) in [7, 11) is 0. The molecule has 2 saturated heterocycles. The number of carbonyl (C=O) groups is 1. The molecule has 5 heteroatoms. The molecule has 0 radical (unpaired) electrons. The summed E-state index contributed by atoms with van der Waals surface area (Å²) in [6.07, 6.45) is 0. The van der Waals surface area contributed by atoms with E-state index in [4.69, 9.17) is 4.74 Å². The number of nitrogens with zero attached hydrogens (tertiary/aromatic N) is 2. The van der Waals surface area contributed by atoms with Crippen molar-refractivity contribution in [2.24, 2.45) is 0 Å². The number of hydrogen-bond donors (Lipinski definition) is 0. The molecule has 0 aliphatic carbocycles. The van der Waals surface area contributed by atoms with Gasteiger partial charge in [0.15, 0.2) is 0 Å². The van der Waals surface area contributed by atoms with Crippen LogP contribution in [0, 0.1) is 0 Å². The van der Waals surface area contributed by atoms with Gasteiger partial charge in [-0.05, 0) is 6.92 Å². The summed E-state index contributed by atoms with van der Waals surface area (Å²) in [5.74, 6) is 2.14. The van der Waals surface area contributed by atoms with Crippen LogP contribution in [0.15, 0.2) is 0 Å². The second kappa shape index (κ2) is 5.07. The molecule has 0 aromatic carbocycles. The second-order valence-electron chi connectivity index (χ2n) is 4.00. The van der Waals surface area contributed by atoms with E-state index in [1.807, 2.05) is 21.6 Å². The second-order valence-corrected chi connectivity index (χ2v) is 5.15. The Morgan fingerprint density at radius 3 is 2.73 bits per heavy atom. The number of carbonyl (C=O) groups excluding carboxylic acids is 1. The highest BCUT2D eigenvalue weighted by atomic mass is 32.2. The fraction of sp³-hybridized carbons (Fsp3) is 0.900. The Morgan fingerprint density at radius 2 is 2.07 bits per heavy atom. The van der Waals surface area contributed by atoms with Gasteiger partial charge in [0.2, 0.25) is 0 Å². The van der Waals surface area contributed by atoms with Crippen LogP contribution in [0.5, 0.6) is 0 Å². The van der Waals surface area contributed by atoms with Gasteiger partial charge in [-0.15, -0.1) is 0 Å². The average molecular weight is 230 g/mol. The lowest BCUT2D eigenvalue weighted by molar-refractivity contribution is 0.0411. The molecule has 0 saturated carbocycles. The fourth-order valence-electron chi connectivity index (χ4n) is 1.95. The number of thioether (sulfide) groups is 1. The van der Waals surface area contributed by atoms with Crippen LogP contribution in [-0.4, -0.2) is 66.2 Å². The minimum atomic E-state index is 0.200. The van der Waals surface area contributed by atoms with Crippen LogP contribution in [0.4, 0.5) is 4.79 Å². The van der Waals surface area contributed by atoms with E-state index in [0.717, 1.165) is 31.1 Å². The number of hydrogen-bond acceptors (Lipinski definition) is 3. The molecule has 1 unspecified atom stereocenters. The summed E-state index contributed by atoms with van der Waals surface area (Å²) in [5.41, 5.74) is 0. The summed E-state index contributed by atoms with van der Waals surface area (Å²) >= 11 is 1.93. The summed E-state index contributed by atoms with van der Waals surface area (Å²) in [5, 5.41) is 0. The third-order valence-corrected chi connectivity index (χ3v) is 4.08. The van der Waals surface area contributed by atoms with Crippen molar-refractivity contribution in [3.05, 3.63) is 0 Å². The van der Waals surface area contributed by atoms with Crippen molar-refractivity contribution in [3.8, 4) is 0 Å². The van der Waals surface area contributed by atoms with Gasteiger partial charge in [0.25, 0.3) is 0 Å². The largest absolute Gasteiger partial charge is 0.378 e. The van der Waals surface area contributed by atoms with Gasteiger partial charge in [-0.25, -0.2) is 4.79 Å². The zero-order valence-corrected chi connectivity index (χ0v) is 9.96. The van der Waals surface area contributed by atoms with Gasteiger partial charge in [-0.1, -0.05) is 0 Å². The summed E-state index contributed by atoms with van der Waals surface area (Å²) < 4.78 is 5.25. The smallest absolute Gasteiger partial charge is 0.320 e. The van der Waals surface area contributed by atoms with Crippen molar-refractivity contribution in [3.63, 3.8) is 0 Å². The Morgan fingerprint density at radius 1 is 1.33 bits per heavy atom. The predicted molar refractivity (Wildman–Crippen MR) is 61.3 cm³/mol. The van der Waals surface area contributed by atoms with Gasteiger partial charge in [0.1, 0.15) is 0 Å². The number of rotatable bonds is 0. The molecule has 2 rings (SSSR count). The Labute approximate surface area is 94.9 Å². The Hall–Kier alpha value is -0.420. The number of urea groups is 1. The Bertz CT molecular complexity index is 231. The molecule has 0 spiro atoms. The van der Waals surface area contributed by atoms with Gasteiger partial charge in [0.05, 0.1) is 13.2 Å². The lowest BCUT2D eigenvalue weighted by atomic mass is 10.3. The van der Waals surface area contributed by atoms with Gasteiger partial charge in [-0.2, -0.15) is 11.8 Å². The first kappa shape index (κ1) is 11.1. The molecule has 15 heavy (non-hydrogen) atoms. The third-order valence-electron chi connectivity index (χ3n) is 2.89. The highest BCUT2D eigenvalue weighted by molar-refractivity contribution is 7.99. The van der Waals surface area contributed by atoms with Crippen LogP contribution in [0.2, 0.25) is 0 Å². The predicted octanol–water partition coefficient (Wildman–Crippen LogP) is 0.876. The number of morpholine rings is 1. The van der Waals surface area contributed by atoms with Gasteiger partial charge in [0, 0.05) is 37.2 Å². The molecule has 0 bridgehead atoms. The van der Waals surface area contributed by atoms with E-state index >= 15 is 0 Å². The first-order valence-electron chi connectivity index (χ1n) is 5.50. The van der Waals surface area contributed by atoms with Crippen LogP contribution in [0.25, 0.3) is 0 Å². The quantitative estimate of drug-likeness (QED) is 0.619. The summed E-state index contributed by atoms with van der Waals surface area (Å²) in [6, 6.07) is 0.574. The number of ether oxygens (including phenoxy) is 1. The molecule has 0 N–H and O–H groups in total. The third kappa shape index (κ3) is 2.58. The van der Waals surface area contributed by atoms with E-state index in [2.05, 4.69) is 6.92 Å². The average Bonchev–Trinajstić information content (AvgIpc) is 2.30. The van der Waals surface area contributed by atoms with Gasteiger partial charge in [-0.3, -0.25) is 0 Å². The van der Waals surface area contributed by atoms with E-state index in [-0.39, 0.29) is 6.03 Å². The highest BCUT2D eigenvalue weighted by Gasteiger charge is 2.28. The summed E-state index contributed by atoms with van der Waals surface area (Å²) in [6.45, 7) is 5.88. The van der Waals surface area contributed by atoms with Crippen LogP contribution in [0.3, 0.4) is 0 Å². The van der Waals surface area contributed by atoms with Crippen LogP contribution < -0.4 is 0 Å². The first-order chi connectivity index (χ1) is 7.29. The highest BCUT2D eigenvalue weighted by Crippen LogP contribution is 2.17. The molecule has 0 aromatic heterocycles. The van der Waals surface area contributed by atoms with Crippen molar-refractivity contribution >= 4 is 17.8 Å². The molecule has 1 atom stereocenters. The normalized spacial score (nSPS) is 27.9. The van der Waals surface area contributed by atoms with Crippen molar-refractivity contribution in [2.45, 2.75) is 13.0 Å². The van der Waals surface area contributed by atoms with Gasteiger partial charge >= 0.3 is 6.03 Å². The van der Waals surface area contributed by atoms with E-state index in [1.165, 1.54) is 0 Å². The van der Waals surface area contributed by atoms with Crippen molar-refractivity contribution in [1.82, 2.24) is 9.80 Å². The zero-order valence-electron chi connectivity index (χ0n) is 9.15. The molecule has 2 aliphatic rings. The summed E-state index contributed by atoms with van der Waals surface area (Å²) in [4.78, 5) is 16.1. The van der Waals surface area contributed by atoms with E-state index in [0.29, 0.717) is 19.3 Å². The van der Waals surface area contributed by atoms with Crippen molar-refractivity contribution in [1.29, 1.82) is 0 Å². The standard InChI is InChI=1S/C10H18N2O2S/c1-9-8-15-7-4-12(9)10(13)11-2-5-14-6-3-11/h9H,2-8H2,1H3. The molecule has 2 fully saturated rings. The molecule has 2 aliphatic heterocycles. The van der Waals surface area contributed by atoms with Gasteiger partial charge < -0.3 is 14.5 Å². The SMILES string of the molecule is CC1CSCCN1C(=O)N1CCOCC1. The molecule has 86 valence electrons. The molecule has 2 amide bonds. The molecule has 2 heterocycles. The maximum Gasteiger partial charge on any atom is 0.320 e. The van der Waals surface area contributed by atoms with Crippen LogP contribution in [0.1, 0.15) is 6.92 Å². The van der Waals surface area contributed by atoms with Crippen molar-refractivity contribution in [2.75, 3.05) is 44.4 Å². The van der Waals surface area contributed by atoms with E-state index < -0.39 is 0 Å².